The first-order valence-electron chi connectivity index (χ1n) is 12.7. The van der Waals surface area contributed by atoms with Gasteiger partial charge >= 0.3 is 6.18 Å². The predicted molar refractivity (Wildman–Crippen MR) is 141 cm³/mol. The molecule has 2 aromatic carbocycles. The van der Waals surface area contributed by atoms with Crippen molar-refractivity contribution in [3.8, 4) is 0 Å². The van der Waals surface area contributed by atoms with E-state index in [4.69, 9.17) is 5.41 Å². The molecule has 214 valence electrons. The Labute approximate surface area is 229 Å². The smallest absolute Gasteiger partial charge is 0.355 e. The van der Waals surface area contributed by atoms with Gasteiger partial charge in [-0.25, -0.2) is 12.8 Å². The summed E-state index contributed by atoms with van der Waals surface area (Å²) in [5, 5.41) is 18.7. The molecule has 2 N–H and O–H groups in total. The van der Waals surface area contributed by atoms with Crippen molar-refractivity contribution in [1.82, 2.24) is 24.2 Å². The lowest BCUT2D eigenvalue weighted by Crippen LogP contribution is -2.53. The van der Waals surface area contributed by atoms with Crippen molar-refractivity contribution in [3.05, 3.63) is 65.1 Å². The van der Waals surface area contributed by atoms with E-state index in [1.165, 1.54) is 23.5 Å². The second kappa shape index (κ2) is 10.2. The second-order valence-electron chi connectivity index (χ2n) is 10.4. The third kappa shape index (κ3) is 5.34. The monoisotopic (exact) mass is 579 g/mol. The van der Waals surface area contributed by atoms with Crippen LogP contribution >= 0.6 is 0 Å². The summed E-state index contributed by atoms with van der Waals surface area (Å²) in [5.74, 6) is -0.393. The SMILES string of the molecule is Cc1cc(Nc2ccc(F)cc2)c(C=N)cc1[C@@H]1CN(S(=O)(=O)c2cnn(C)n2)CCN1CC1(C(F)(F)F)CC1. The minimum atomic E-state index is -4.36. The molecule has 2 heterocycles. The van der Waals surface area contributed by atoms with Crippen LogP contribution in [0.3, 0.4) is 0 Å². The summed E-state index contributed by atoms with van der Waals surface area (Å²) in [5.41, 5.74) is 1.14. The number of aromatic nitrogens is 3. The van der Waals surface area contributed by atoms with Crippen molar-refractivity contribution in [3.63, 3.8) is 0 Å². The normalized spacial score (nSPS) is 19.9. The minimum Gasteiger partial charge on any atom is -0.355 e. The maximum atomic E-state index is 13.9. The molecule has 2 fully saturated rings. The Balaban J connectivity index is 1.51. The summed E-state index contributed by atoms with van der Waals surface area (Å²) >= 11 is 0. The van der Waals surface area contributed by atoms with Gasteiger partial charge in [0.15, 0.2) is 0 Å². The van der Waals surface area contributed by atoms with Crippen molar-refractivity contribution >= 4 is 27.6 Å². The van der Waals surface area contributed by atoms with Crippen LogP contribution in [-0.4, -0.2) is 71.2 Å². The van der Waals surface area contributed by atoms with Crippen LogP contribution in [0, 0.1) is 23.6 Å². The number of hydrogen-bond acceptors (Lipinski definition) is 7. The third-order valence-electron chi connectivity index (χ3n) is 7.67. The summed E-state index contributed by atoms with van der Waals surface area (Å²) in [6, 6.07) is 8.48. The number of aryl methyl sites for hydroxylation is 2. The molecule has 1 atom stereocenters. The molecule has 3 aromatic rings. The predicted octanol–water partition coefficient (Wildman–Crippen LogP) is 4.39. The lowest BCUT2D eigenvalue weighted by atomic mass is 9.93. The van der Waals surface area contributed by atoms with Crippen molar-refractivity contribution in [2.45, 2.75) is 37.0 Å². The van der Waals surface area contributed by atoms with Gasteiger partial charge in [0.25, 0.3) is 10.0 Å². The van der Waals surface area contributed by atoms with E-state index in [9.17, 15) is 26.0 Å². The zero-order valence-corrected chi connectivity index (χ0v) is 22.7. The highest BCUT2D eigenvalue weighted by Gasteiger charge is 2.64. The Morgan fingerprint density at radius 1 is 1.18 bits per heavy atom. The summed E-state index contributed by atoms with van der Waals surface area (Å²) in [6.07, 6.45) is -2.03. The molecule has 0 radical (unpaired) electrons. The molecule has 0 bridgehead atoms. The van der Waals surface area contributed by atoms with Gasteiger partial charge in [-0.1, -0.05) is 0 Å². The van der Waals surface area contributed by atoms with Crippen LogP contribution in [0.1, 0.15) is 35.6 Å². The molecule has 14 heteroatoms. The largest absolute Gasteiger partial charge is 0.395 e. The molecule has 2 aliphatic rings. The maximum Gasteiger partial charge on any atom is 0.395 e. The fraction of sp³-hybridized carbons (Fsp3) is 0.423. The number of anilines is 2. The van der Waals surface area contributed by atoms with Crippen molar-refractivity contribution < 1.29 is 26.0 Å². The number of nitrogens with one attached hydrogen (secondary N) is 2. The van der Waals surface area contributed by atoms with Crippen molar-refractivity contribution in [2.24, 2.45) is 12.5 Å². The van der Waals surface area contributed by atoms with Crippen LogP contribution < -0.4 is 5.32 Å². The zero-order chi connectivity index (χ0) is 28.9. The quantitative estimate of drug-likeness (QED) is 0.303. The van der Waals surface area contributed by atoms with Crippen molar-refractivity contribution in [1.29, 1.82) is 5.41 Å². The van der Waals surface area contributed by atoms with Crippen molar-refractivity contribution in [2.75, 3.05) is 31.5 Å². The molecule has 1 saturated heterocycles. The molecule has 1 aliphatic carbocycles. The minimum absolute atomic E-state index is 0.00399. The van der Waals surface area contributed by atoms with Gasteiger partial charge in [-0.3, -0.25) is 4.90 Å². The summed E-state index contributed by atoms with van der Waals surface area (Å²) in [4.78, 5) is 2.85. The number of sulfonamides is 1. The van der Waals surface area contributed by atoms with E-state index < -0.39 is 33.5 Å². The number of nitrogens with zero attached hydrogens (tertiary/aromatic N) is 5. The number of alkyl halides is 3. The Morgan fingerprint density at radius 3 is 2.45 bits per heavy atom. The molecule has 9 nitrogen and oxygen atoms in total. The fourth-order valence-electron chi connectivity index (χ4n) is 5.16. The lowest BCUT2D eigenvalue weighted by Gasteiger charge is -2.43. The Morgan fingerprint density at radius 2 is 1.88 bits per heavy atom. The Kier molecular flexibility index (Phi) is 7.21. The molecule has 5 rings (SSSR count). The number of hydrogen-bond donors (Lipinski definition) is 2. The molecule has 0 spiro atoms. The average molecular weight is 580 g/mol. The summed E-state index contributed by atoms with van der Waals surface area (Å²) < 4.78 is 83.2. The van der Waals surface area contributed by atoms with Crippen LogP contribution in [0.25, 0.3) is 0 Å². The molecular weight excluding hydrogens is 550 g/mol. The van der Waals surface area contributed by atoms with Crippen LogP contribution in [0.4, 0.5) is 28.9 Å². The Bertz CT molecular complexity index is 1520. The highest BCUT2D eigenvalue weighted by atomic mass is 32.2. The molecule has 0 unspecified atom stereocenters. The van der Waals surface area contributed by atoms with E-state index >= 15 is 0 Å². The fourth-order valence-corrected chi connectivity index (χ4v) is 6.49. The summed E-state index contributed by atoms with van der Waals surface area (Å²) in [6.45, 7) is 1.57. The number of rotatable bonds is 8. The third-order valence-corrected chi connectivity index (χ3v) is 9.40. The van der Waals surface area contributed by atoms with Gasteiger partial charge in [-0.2, -0.15) is 27.4 Å². The molecule has 1 aromatic heterocycles. The van der Waals surface area contributed by atoms with Gasteiger partial charge < -0.3 is 10.7 Å². The van der Waals surface area contributed by atoms with Gasteiger partial charge in [0, 0.05) is 62.4 Å². The van der Waals surface area contributed by atoms with Gasteiger partial charge in [0.1, 0.15) is 5.82 Å². The zero-order valence-electron chi connectivity index (χ0n) is 21.9. The lowest BCUT2D eigenvalue weighted by molar-refractivity contribution is -0.194. The van der Waals surface area contributed by atoms with Gasteiger partial charge in [-0.15, -0.1) is 5.10 Å². The van der Waals surface area contributed by atoms with E-state index in [1.54, 1.807) is 36.1 Å². The first-order chi connectivity index (χ1) is 18.8. The number of piperazine rings is 1. The molecule has 40 heavy (non-hydrogen) atoms. The highest BCUT2D eigenvalue weighted by Crippen LogP contribution is 2.58. The van der Waals surface area contributed by atoms with E-state index in [0.717, 1.165) is 17.2 Å². The van der Waals surface area contributed by atoms with Gasteiger partial charge in [0.2, 0.25) is 5.03 Å². The van der Waals surface area contributed by atoms with E-state index in [-0.39, 0.29) is 44.0 Å². The van der Waals surface area contributed by atoms with E-state index in [1.807, 2.05) is 0 Å². The maximum absolute atomic E-state index is 13.9. The standard InChI is InChI=1S/C26H29F4N7O2S/c1-17-11-22(33-20-5-3-19(27)4-6-20)18(13-31)12-21(17)23-15-37(40(38,39)24-14-32-35(2)34-24)10-9-36(23)16-25(7-8-25)26(28,29)30/h3-6,11-14,23,31,33H,7-10,15-16H2,1-2H3/t23-/m0/s1. The summed E-state index contributed by atoms with van der Waals surface area (Å²) in [7, 11) is -2.54. The average Bonchev–Trinajstić information content (AvgIpc) is 3.57. The number of benzene rings is 2. The van der Waals surface area contributed by atoms with Crippen LogP contribution in [0.2, 0.25) is 0 Å². The second-order valence-corrected chi connectivity index (χ2v) is 12.3. The first kappa shape index (κ1) is 28.2. The molecule has 1 aliphatic heterocycles. The van der Waals surface area contributed by atoms with Crippen LogP contribution in [0.5, 0.6) is 0 Å². The van der Waals surface area contributed by atoms with Gasteiger partial charge in [0.05, 0.1) is 11.6 Å². The van der Waals surface area contributed by atoms with Crippen LogP contribution in [-0.2, 0) is 17.1 Å². The molecule has 1 saturated carbocycles. The van der Waals surface area contributed by atoms with E-state index in [2.05, 4.69) is 15.5 Å². The van der Waals surface area contributed by atoms with Crippen LogP contribution in [0.15, 0.2) is 47.6 Å². The van der Waals surface area contributed by atoms with Gasteiger partial charge in [-0.05, 0) is 67.3 Å². The van der Waals surface area contributed by atoms with E-state index in [0.29, 0.717) is 28.1 Å². The highest BCUT2D eigenvalue weighted by molar-refractivity contribution is 7.89. The molecular formula is C26H29F4N7O2S. The number of halogens is 4. The Hall–Kier alpha value is -3.36. The molecule has 0 amide bonds. The first-order valence-corrected chi connectivity index (χ1v) is 14.1. The topological polar surface area (TPSA) is 107 Å².